The Balaban J connectivity index is 1.61. The van der Waals surface area contributed by atoms with E-state index in [2.05, 4.69) is 46.1 Å². The third-order valence-corrected chi connectivity index (χ3v) is 5.74. The molecule has 28 heavy (non-hydrogen) atoms. The highest BCUT2D eigenvalue weighted by Gasteiger charge is 2.23. The van der Waals surface area contributed by atoms with Gasteiger partial charge in [-0.05, 0) is 74.8 Å². The minimum Gasteiger partial charge on any atom is -0.423 e. The van der Waals surface area contributed by atoms with E-state index in [0.717, 1.165) is 37.1 Å². The second-order valence-corrected chi connectivity index (χ2v) is 7.87. The van der Waals surface area contributed by atoms with Crippen molar-refractivity contribution in [2.75, 3.05) is 20.1 Å². The SMILES string of the molecule is Cc1cc(=O)oc2cc(CN(Cc3ccncc3)C3CCN(C)CC3)ccc12. The highest BCUT2D eigenvalue weighted by Crippen LogP contribution is 2.23. The number of aromatic nitrogens is 1. The fourth-order valence-corrected chi connectivity index (χ4v) is 4.10. The van der Waals surface area contributed by atoms with Gasteiger partial charge < -0.3 is 9.32 Å². The van der Waals surface area contributed by atoms with Gasteiger partial charge in [-0.3, -0.25) is 9.88 Å². The molecule has 3 aromatic rings. The minimum atomic E-state index is -0.286. The van der Waals surface area contributed by atoms with E-state index in [1.54, 1.807) is 6.07 Å². The lowest BCUT2D eigenvalue weighted by Gasteiger charge is -2.37. The van der Waals surface area contributed by atoms with E-state index in [-0.39, 0.29) is 5.63 Å². The molecule has 1 aliphatic rings. The van der Waals surface area contributed by atoms with Gasteiger partial charge in [-0.2, -0.15) is 0 Å². The van der Waals surface area contributed by atoms with Gasteiger partial charge in [0.15, 0.2) is 0 Å². The summed E-state index contributed by atoms with van der Waals surface area (Å²) in [6, 6.07) is 12.5. The molecule has 0 unspecified atom stereocenters. The Morgan fingerprint density at radius 3 is 2.54 bits per heavy atom. The highest BCUT2D eigenvalue weighted by molar-refractivity contribution is 5.80. The van der Waals surface area contributed by atoms with Crippen molar-refractivity contribution in [3.63, 3.8) is 0 Å². The van der Waals surface area contributed by atoms with Crippen LogP contribution in [0, 0.1) is 6.92 Å². The molecule has 4 rings (SSSR count). The van der Waals surface area contributed by atoms with Gasteiger partial charge >= 0.3 is 5.63 Å². The molecule has 2 aromatic heterocycles. The lowest BCUT2D eigenvalue weighted by Crippen LogP contribution is -2.43. The zero-order valence-electron chi connectivity index (χ0n) is 16.6. The van der Waals surface area contributed by atoms with Crippen LogP contribution < -0.4 is 5.63 Å². The molecule has 1 fully saturated rings. The predicted octanol–water partition coefficient (Wildman–Crippen LogP) is 3.59. The van der Waals surface area contributed by atoms with E-state index < -0.39 is 0 Å². The molecule has 0 aliphatic carbocycles. The van der Waals surface area contributed by atoms with Gasteiger partial charge in [0.2, 0.25) is 0 Å². The topological polar surface area (TPSA) is 49.6 Å². The molecule has 0 bridgehead atoms. The summed E-state index contributed by atoms with van der Waals surface area (Å²) >= 11 is 0. The fourth-order valence-electron chi connectivity index (χ4n) is 4.10. The number of aryl methyl sites for hydroxylation is 1. The number of hydrogen-bond acceptors (Lipinski definition) is 5. The third-order valence-electron chi connectivity index (χ3n) is 5.74. The molecule has 0 amide bonds. The summed E-state index contributed by atoms with van der Waals surface area (Å²) in [6.45, 7) is 5.94. The first-order chi connectivity index (χ1) is 13.6. The van der Waals surface area contributed by atoms with Crippen LogP contribution in [0.3, 0.4) is 0 Å². The van der Waals surface area contributed by atoms with E-state index in [4.69, 9.17) is 4.42 Å². The van der Waals surface area contributed by atoms with E-state index in [1.807, 2.05) is 25.4 Å². The van der Waals surface area contributed by atoms with Gasteiger partial charge in [0.25, 0.3) is 0 Å². The maximum atomic E-state index is 11.8. The molecule has 0 spiro atoms. The van der Waals surface area contributed by atoms with E-state index in [1.165, 1.54) is 24.0 Å². The molecule has 5 nitrogen and oxygen atoms in total. The highest BCUT2D eigenvalue weighted by atomic mass is 16.4. The number of fused-ring (bicyclic) bond motifs is 1. The lowest BCUT2D eigenvalue weighted by molar-refractivity contribution is 0.108. The fraction of sp³-hybridized carbons (Fsp3) is 0.391. The normalized spacial score (nSPS) is 16.1. The van der Waals surface area contributed by atoms with Gasteiger partial charge in [0, 0.05) is 43.0 Å². The zero-order valence-corrected chi connectivity index (χ0v) is 16.6. The second kappa shape index (κ2) is 8.25. The van der Waals surface area contributed by atoms with Crippen LogP contribution in [0.5, 0.6) is 0 Å². The molecule has 0 atom stereocenters. The van der Waals surface area contributed by atoms with Gasteiger partial charge in [-0.15, -0.1) is 0 Å². The van der Waals surface area contributed by atoms with Crippen molar-refractivity contribution < 1.29 is 4.42 Å². The van der Waals surface area contributed by atoms with Crippen LogP contribution in [-0.4, -0.2) is 41.0 Å². The maximum Gasteiger partial charge on any atom is 0.336 e. The Morgan fingerprint density at radius 2 is 1.79 bits per heavy atom. The van der Waals surface area contributed by atoms with Crippen LogP contribution in [0.4, 0.5) is 0 Å². The molecule has 1 saturated heterocycles. The molecular weight excluding hydrogens is 350 g/mol. The standard InChI is InChI=1S/C23H27N3O2/c1-17-13-23(27)28-22-14-19(3-4-21(17)22)16-26(15-18-5-9-24-10-6-18)20-7-11-25(2)12-8-20/h3-6,9-10,13-14,20H,7-8,11-12,15-16H2,1-2H3. The van der Waals surface area contributed by atoms with E-state index >= 15 is 0 Å². The first-order valence-corrected chi connectivity index (χ1v) is 9.93. The smallest absolute Gasteiger partial charge is 0.336 e. The Bertz CT molecular complexity index is 992. The van der Waals surface area contributed by atoms with Crippen molar-refractivity contribution in [3.05, 3.63) is 75.9 Å². The maximum absolute atomic E-state index is 11.8. The van der Waals surface area contributed by atoms with E-state index in [9.17, 15) is 4.79 Å². The molecule has 3 heterocycles. The molecule has 1 aromatic carbocycles. The van der Waals surface area contributed by atoms with Crippen molar-refractivity contribution in [1.29, 1.82) is 0 Å². The van der Waals surface area contributed by atoms with Crippen LogP contribution in [0.25, 0.3) is 11.0 Å². The summed E-state index contributed by atoms with van der Waals surface area (Å²) in [5.41, 5.74) is 3.80. The van der Waals surface area contributed by atoms with Crippen LogP contribution in [0.2, 0.25) is 0 Å². The Kier molecular flexibility index (Phi) is 5.55. The quantitative estimate of drug-likeness (QED) is 0.636. The summed E-state index contributed by atoms with van der Waals surface area (Å²) in [4.78, 5) is 20.9. The van der Waals surface area contributed by atoms with Crippen molar-refractivity contribution in [2.45, 2.75) is 38.9 Å². The molecule has 146 valence electrons. The summed E-state index contributed by atoms with van der Waals surface area (Å²) in [6.07, 6.45) is 6.05. The Morgan fingerprint density at radius 1 is 1.07 bits per heavy atom. The van der Waals surface area contributed by atoms with Crippen LogP contribution in [0.1, 0.15) is 29.5 Å². The molecule has 0 saturated carbocycles. The van der Waals surface area contributed by atoms with Gasteiger partial charge in [0.05, 0.1) is 0 Å². The number of rotatable bonds is 5. The van der Waals surface area contributed by atoms with Crippen molar-refractivity contribution >= 4 is 11.0 Å². The Hall–Kier alpha value is -2.50. The molecule has 1 aliphatic heterocycles. The van der Waals surface area contributed by atoms with Gasteiger partial charge in [-0.25, -0.2) is 4.79 Å². The number of nitrogens with zero attached hydrogens (tertiary/aromatic N) is 3. The minimum absolute atomic E-state index is 0.286. The summed E-state index contributed by atoms with van der Waals surface area (Å²) in [7, 11) is 2.19. The average Bonchev–Trinajstić information content (AvgIpc) is 2.68. The third kappa shape index (κ3) is 4.32. The predicted molar refractivity (Wildman–Crippen MR) is 111 cm³/mol. The number of benzene rings is 1. The van der Waals surface area contributed by atoms with Crippen LogP contribution >= 0.6 is 0 Å². The average molecular weight is 377 g/mol. The molecule has 0 radical (unpaired) electrons. The zero-order chi connectivity index (χ0) is 19.5. The summed E-state index contributed by atoms with van der Waals surface area (Å²) < 4.78 is 5.45. The van der Waals surface area contributed by atoms with Crippen molar-refractivity contribution in [3.8, 4) is 0 Å². The van der Waals surface area contributed by atoms with Gasteiger partial charge in [-0.1, -0.05) is 12.1 Å². The monoisotopic (exact) mass is 377 g/mol. The molecule has 0 N–H and O–H groups in total. The first kappa shape index (κ1) is 18.8. The second-order valence-electron chi connectivity index (χ2n) is 7.87. The number of hydrogen-bond donors (Lipinski definition) is 0. The number of likely N-dealkylation sites (tertiary alicyclic amines) is 1. The van der Waals surface area contributed by atoms with Gasteiger partial charge in [0.1, 0.15) is 5.58 Å². The van der Waals surface area contributed by atoms with Crippen LogP contribution in [0.15, 0.2) is 58.0 Å². The number of piperidine rings is 1. The van der Waals surface area contributed by atoms with E-state index in [0.29, 0.717) is 11.6 Å². The van der Waals surface area contributed by atoms with Crippen molar-refractivity contribution in [1.82, 2.24) is 14.8 Å². The largest absolute Gasteiger partial charge is 0.423 e. The molecular formula is C23H27N3O2. The number of pyridine rings is 1. The first-order valence-electron chi connectivity index (χ1n) is 9.93. The summed E-state index contributed by atoms with van der Waals surface area (Å²) in [5.74, 6) is 0. The lowest BCUT2D eigenvalue weighted by atomic mass is 10.0. The molecule has 5 heteroatoms. The summed E-state index contributed by atoms with van der Waals surface area (Å²) in [5, 5.41) is 1.00. The van der Waals surface area contributed by atoms with Crippen molar-refractivity contribution in [2.24, 2.45) is 0 Å². The Labute approximate surface area is 165 Å². The van der Waals surface area contributed by atoms with Crippen LogP contribution in [-0.2, 0) is 13.1 Å².